The molecule has 1 N–H and O–H groups in total. The van der Waals surface area contributed by atoms with Crippen LogP contribution in [0, 0.1) is 0 Å². The number of hydrogen-bond acceptors (Lipinski definition) is 5. The van der Waals surface area contributed by atoms with Gasteiger partial charge in [0.2, 0.25) is 5.76 Å². The van der Waals surface area contributed by atoms with E-state index in [1.165, 1.54) is 4.90 Å². The number of carbonyl (C=O) groups excluding carboxylic acids is 2. The maximum absolute atomic E-state index is 13.8. The predicted molar refractivity (Wildman–Crippen MR) is 106 cm³/mol. The summed E-state index contributed by atoms with van der Waals surface area (Å²) in [6.07, 6.45) is 0. The highest BCUT2D eigenvalue weighted by Gasteiger charge is 2.64. The minimum absolute atomic E-state index is 0.0306. The van der Waals surface area contributed by atoms with E-state index in [-0.39, 0.29) is 36.0 Å². The zero-order valence-corrected chi connectivity index (χ0v) is 15.7. The number of hydrogen-bond donors (Lipinski definition) is 1. The van der Waals surface area contributed by atoms with Crippen molar-refractivity contribution in [1.29, 1.82) is 0 Å². The Hall–Kier alpha value is -3.45. The summed E-state index contributed by atoms with van der Waals surface area (Å²) >= 11 is 0. The Kier molecular flexibility index (Phi) is 3.66. The Morgan fingerprint density at radius 2 is 1.76 bits per heavy atom. The van der Waals surface area contributed by atoms with Gasteiger partial charge in [0.25, 0.3) is 11.8 Å². The van der Waals surface area contributed by atoms with Crippen molar-refractivity contribution in [2.24, 2.45) is 0 Å². The molecule has 0 fully saturated rings. The molecule has 3 heterocycles. The molecular formula is C22H18N2O5. The number of para-hydroxylation sites is 2. The number of nitrogens with zero attached hydrogens (tertiary/aromatic N) is 2. The Morgan fingerprint density at radius 3 is 2.52 bits per heavy atom. The van der Waals surface area contributed by atoms with E-state index in [1.54, 1.807) is 47.4 Å². The number of rotatable bonds is 3. The number of amides is 2. The van der Waals surface area contributed by atoms with Crippen LogP contribution in [0.1, 0.15) is 28.6 Å². The molecule has 0 saturated carbocycles. The second kappa shape index (κ2) is 6.02. The van der Waals surface area contributed by atoms with E-state index in [0.717, 1.165) is 0 Å². The molecule has 1 unspecified atom stereocenters. The molecule has 1 atom stereocenters. The minimum Gasteiger partial charge on any atom is -0.450 e. The van der Waals surface area contributed by atoms with Gasteiger partial charge in [0.15, 0.2) is 11.0 Å². The average Bonchev–Trinajstić information content (AvgIpc) is 3.13. The third-order valence-corrected chi connectivity index (χ3v) is 5.78. The summed E-state index contributed by atoms with van der Waals surface area (Å²) in [5.74, 6) is -1.09. The van der Waals surface area contributed by atoms with Crippen LogP contribution in [0.2, 0.25) is 0 Å². The number of aliphatic hydroxyl groups excluding tert-OH is 1. The van der Waals surface area contributed by atoms with Crippen LogP contribution in [0.15, 0.2) is 57.7 Å². The Morgan fingerprint density at radius 1 is 1.03 bits per heavy atom. The molecular weight excluding hydrogens is 372 g/mol. The average molecular weight is 390 g/mol. The van der Waals surface area contributed by atoms with Gasteiger partial charge in [-0.2, -0.15) is 0 Å². The summed E-state index contributed by atoms with van der Waals surface area (Å²) in [4.78, 5) is 43.5. The van der Waals surface area contributed by atoms with Gasteiger partial charge in [-0.25, -0.2) is 0 Å². The van der Waals surface area contributed by atoms with Crippen molar-refractivity contribution in [2.75, 3.05) is 24.6 Å². The maximum atomic E-state index is 13.8. The molecule has 29 heavy (non-hydrogen) atoms. The normalized spacial score (nSPS) is 20.1. The van der Waals surface area contributed by atoms with Crippen molar-refractivity contribution in [3.63, 3.8) is 0 Å². The third kappa shape index (κ3) is 1.97. The highest BCUT2D eigenvalue weighted by molar-refractivity contribution is 6.17. The largest absolute Gasteiger partial charge is 0.450 e. The molecule has 5 rings (SSSR count). The molecule has 7 heteroatoms. The van der Waals surface area contributed by atoms with Crippen molar-refractivity contribution >= 4 is 28.5 Å². The monoisotopic (exact) mass is 390 g/mol. The van der Waals surface area contributed by atoms with Gasteiger partial charge < -0.3 is 19.3 Å². The van der Waals surface area contributed by atoms with Crippen LogP contribution in [0.4, 0.5) is 5.69 Å². The topological polar surface area (TPSA) is 91.1 Å². The fraction of sp³-hybridized carbons (Fsp3) is 0.227. The lowest BCUT2D eigenvalue weighted by Gasteiger charge is -2.33. The number of anilines is 1. The van der Waals surface area contributed by atoms with Crippen molar-refractivity contribution in [2.45, 2.75) is 12.5 Å². The van der Waals surface area contributed by atoms with E-state index in [1.807, 2.05) is 13.0 Å². The van der Waals surface area contributed by atoms with E-state index in [4.69, 9.17) is 4.42 Å². The standard InChI is InChI=1S/C22H18N2O5/c1-2-23-15-9-5-4-8-14(15)22(21(23)28)17-18(26)13-7-3-6-10-16(13)29-19(17)20(27)24(22)11-12-25/h3-10,25H,2,11-12H2,1H3. The molecule has 1 spiro atoms. The van der Waals surface area contributed by atoms with Gasteiger partial charge in [-0.3, -0.25) is 14.4 Å². The van der Waals surface area contributed by atoms with Gasteiger partial charge in [-0.15, -0.1) is 0 Å². The van der Waals surface area contributed by atoms with E-state index in [0.29, 0.717) is 23.2 Å². The molecule has 2 aliphatic heterocycles. The molecule has 0 radical (unpaired) electrons. The van der Waals surface area contributed by atoms with Gasteiger partial charge in [-0.1, -0.05) is 30.3 Å². The number of carbonyl (C=O) groups is 2. The SMILES string of the molecule is CCN1C(=O)C2(c3ccccc31)c1c(oc3ccccc3c1=O)C(=O)N2CCO. The van der Waals surface area contributed by atoms with E-state index in [2.05, 4.69) is 0 Å². The Bertz CT molecular complexity index is 1250. The van der Waals surface area contributed by atoms with E-state index in [9.17, 15) is 19.5 Å². The Balaban J connectivity index is 1.96. The van der Waals surface area contributed by atoms with Crippen LogP contribution in [0.25, 0.3) is 11.0 Å². The molecule has 2 aromatic carbocycles. The van der Waals surface area contributed by atoms with Gasteiger partial charge in [0, 0.05) is 18.7 Å². The second-order valence-corrected chi connectivity index (χ2v) is 7.09. The van der Waals surface area contributed by atoms with Crippen LogP contribution < -0.4 is 10.3 Å². The third-order valence-electron chi connectivity index (χ3n) is 5.78. The van der Waals surface area contributed by atoms with Crippen LogP contribution in [0.3, 0.4) is 0 Å². The number of likely N-dealkylation sites (N-methyl/N-ethyl adjacent to an activating group) is 1. The Labute approximate surface area is 165 Å². The van der Waals surface area contributed by atoms with Gasteiger partial charge in [0.05, 0.1) is 23.2 Å². The predicted octanol–water partition coefficient (Wildman–Crippen LogP) is 1.85. The van der Waals surface area contributed by atoms with Gasteiger partial charge in [-0.05, 0) is 25.1 Å². The fourth-order valence-electron chi connectivity index (χ4n) is 4.65. The summed E-state index contributed by atoms with van der Waals surface area (Å²) in [6.45, 7) is 1.77. The summed E-state index contributed by atoms with van der Waals surface area (Å²) in [6, 6.07) is 13.8. The first kappa shape index (κ1) is 17.6. The molecule has 0 saturated heterocycles. The second-order valence-electron chi connectivity index (χ2n) is 7.09. The lowest BCUT2D eigenvalue weighted by Crippen LogP contribution is -2.54. The molecule has 7 nitrogen and oxygen atoms in total. The molecule has 0 aliphatic carbocycles. The number of fused-ring (bicyclic) bond motifs is 5. The highest BCUT2D eigenvalue weighted by Crippen LogP contribution is 2.52. The van der Waals surface area contributed by atoms with Gasteiger partial charge in [0.1, 0.15) is 5.58 Å². The summed E-state index contributed by atoms with van der Waals surface area (Å²) < 4.78 is 5.85. The molecule has 2 aliphatic rings. The first-order valence-corrected chi connectivity index (χ1v) is 9.48. The van der Waals surface area contributed by atoms with E-state index >= 15 is 0 Å². The zero-order chi connectivity index (χ0) is 20.3. The van der Waals surface area contributed by atoms with Crippen LogP contribution in [-0.2, 0) is 10.3 Å². The van der Waals surface area contributed by atoms with Crippen molar-refractivity contribution in [3.8, 4) is 0 Å². The summed E-state index contributed by atoms with van der Waals surface area (Å²) in [5.41, 5.74) is -0.519. The fourth-order valence-corrected chi connectivity index (χ4v) is 4.65. The first-order chi connectivity index (χ1) is 14.1. The smallest absolute Gasteiger partial charge is 0.291 e. The molecule has 0 bridgehead atoms. The number of aliphatic hydroxyl groups is 1. The highest BCUT2D eigenvalue weighted by atomic mass is 16.3. The van der Waals surface area contributed by atoms with Crippen molar-refractivity contribution < 1.29 is 19.1 Å². The lowest BCUT2D eigenvalue weighted by atomic mass is 9.84. The first-order valence-electron chi connectivity index (χ1n) is 9.48. The molecule has 3 aromatic rings. The summed E-state index contributed by atoms with van der Waals surface area (Å²) in [7, 11) is 0. The van der Waals surface area contributed by atoms with Crippen molar-refractivity contribution in [1.82, 2.24) is 4.90 Å². The quantitative estimate of drug-likeness (QED) is 0.737. The van der Waals surface area contributed by atoms with Crippen LogP contribution >= 0.6 is 0 Å². The van der Waals surface area contributed by atoms with Crippen LogP contribution in [0.5, 0.6) is 0 Å². The number of β-amino-alcohol motifs (C(OH)–C–C–N with tert-alkyl or cyclic N) is 1. The lowest BCUT2D eigenvalue weighted by molar-refractivity contribution is -0.126. The minimum atomic E-state index is -1.63. The summed E-state index contributed by atoms with van der Waals surface area (Å²) in [5, 5.41) is 9.97. The number of benzene rings is 2. The van der Waals surface area contributed by atoms with Crippen LogP contribution in [-0.4, -0.2) is 41.5 Å². The molecule has 1 aromatic heterocycles. The molecule has 2 amide bonds. The van der Waals surface area contributed by atoms with Crippen molar-refractivity contribution in [3.05, 3.63) is 75.6 Å². The van der Waals surface area contributed by atoms with Gasteiger partial charge >= 0.3 is 0 Å². The maximum Gasteiger partial charge on any atom is 0.291 e. The molecule has 146 valence electrons. The van der Waals surface area contributed by atoms with E-state index < -0.39 is 16.9 Å². The zero-order valence-electron chi connectivity index (χ0n) is 15.7.